The van der Waals surface area contributed by atoms with Gasteiger partial charge in [0.1, 0.15) is 18.4 Å². The molecule has 34 heavy (non-hydrogen) atoms. The maximum atomic E-state index is 14.3. The molecular formula is C23H28F3N3O4S. The molecule has 2 aromatic rings. The van der Waals surface area contributed by atoms with Gasteiger partial charge in [-0.3, -0.25) is 13.9 Å². The van der Waals surface area contributed by atoms with Gasteiger partial charge in [-0.05, 0) is 31.0 Å². The smallest absolute Gasteiger partial charge is 0.244 e. The Balaban J connectivity index is 2.40. The van der Waals surface area contributed by atoms with Crippen molar-refractivity contribution in [2.45, 2.75) is 33.4 Å². The summed E-state index contributed by atoms with van der Waals surface area (Å²) in [5.41, 5.74) is -0.143. The lowest BCUT2D eigenvalue weighted by atomic mass is 10.1. The molecule has 2 aromatic carbocycles. The highest BCUT2D eigenvalue weighted by atomic mass is 32.2. The number of carbonyl (C=O) groups excluding carboxylic acids is 2. The zero-order valence-corrected chi connectivity index (χ0v) is 20.2. The number of hydrogen-bond acceptors (Lipinski definition) is 4. The van der Waals surface area contributed by atoms with Gasteiger partial charge in [0.2, 0.25) is 21.8 Å². The van der Waals surface area contributed by atoms with E-state index in [4.69, 9.17) is 0 Å². The van der Waals surface area contributed by atoms with Crippen LogP contribution in [-0.2, 0) is 26.2 Å². The lowest BCUT2D eigenvalue weighted by Crippen LogP contribution is -2.51. The summed E-state index contributed by atoms with van der Waals surface area (Å²) in [5, 5.41) is 2.70. The van der Waals surface area contributed by atoms with Crippen LogP contribution in [0.15, 0.2) is 42.5 Å². The molecule has 0 fully saturated rings. The molecule has 1 atom stereocenters. The van der Waals surface area contributed by atoms with Crippen LogP contribution in [0.1, 0.15) is 26.3 Å². The van der Waals surface area contributed by atoms with Crippen molar-refractivity contribution in [1.29, 1.82) is 0 Å². The van der Waals surface area contributed by atoms with Crippen molar-refractivity contribution in [3.8, 4) is 0 Å². The van der Waals surface area contributed by atoms with E-state index < -0.39 is 51.9 Å². The summed E-state index contributed by atoms with van der Waals surface area (Å²) in [6.07, 6.45) is 0.807. The van der Waals surface area contributed by atoms with Gasteiger partial charge in [-0.1, -0.05) is 32.0 Å². The SMILES string of the molecule is CC(C)CNC(=O)[C@@H](C)N(Cc1ccccc1F)C(=O)CN(c1ccc(F)c(F)c1)S(C)(=O)=O. The summed E-state index contributed by atoms with van der Waals surface area (Å²) in [5.74, 6) is -4.26. The molecule has 0 radical (unpaired) electrons. The zero-order valence-electron chi connectivity index (χ0n) is 19.4. The fourth-order valence-electron chi connectivity index (χ4n) is 3.10. The van der Waals surface area contributed by atoms with Gasteiger partial charge in [0.15, 0.2) is 11.6 Å². The van der Waals surface area contributed by atoms with Crippen LogP contribution in [0.4, 0.5) is 18.9 Å². The van der Waals surface area contributed by atoms with Crippen molar-refractivity contribution in [3.05, 3.63) is 65.5 Å². The van der Waals surface area contributed by atoms with Crippen LogP contribution >= 0.6 is 0 Å². The highest BCUT2D eigenvalue weighted by Crippen LogP contribution is 2.22. The third-order valence-electron chi connectivity index (χ3n) is 5.02. The molecule has 0 spiro atoms. The molecule has 0 aromatic heterocycles. The first-order valence-corrected chi connectivity index (χ1v) is 12.4. The first kappa shape index (κ1) is 27.2. The third-order valence-corrected chi connectivity index (χ3v) is 6.16. The molecule has 7 nitrogen and oxygen atoms in total. The minimum atomic E-state index is -4.10. The van der Waals surface area contributed by atoms with Crippen LogP contribution in [-0.4, -0.2) is 50.5 Å². The molecule has 2 rings (SSSR count). The van der Waals surface area contributed by atoms with Gasteiger partial charge in [-0.15, -0.1) is 0 Å². The molecule has 0 bridgehead atoms. The molecule has 0 saturated heterocycles. The van der Waals surface area contributed by atoms with Crippen molar-refractivity contribution in [3.63, 3.8) is 0 Å². The maximum absolute atomic E-state index is 14.3. The topological polar surface area (TPSA) is 86.8 Å². The number of nitrogens with one attached hydrogen (secondary N) is 1. The fraction of sp³-hybridized carbons (Fsp3) is 0.391. The molecule has 0 saturated carbocycles. The Morgan fingerprint density at radius 3 is 2.18 bits per heavy atom. The van der Waals surface area contributed by atoms with Crippen molar-refractivity contribution >= 4 is 27.5 Å². The van der Waals surface area contributed by atoms with Crippen LogP contribution in [0.25, 0.3) is 0 Å². The lowest BCUT2D eigenvalue weighted by molar-refractivity contribution is -0.139. The van der Waals surface area contributed by atoms with Gasteiger partial charge < -0.3 is 10.2 Å². The maximum Gasteiger partial charge on any atom is 0.244 e. The normalized spacial score (nSPS) is 12.4. The fourth-order valence-corrected chi connectivity index (χ4v) is 3.94. The van der Waals surface area contributed by atoms with Gasteiger partial charge in [0.25, 0.3) is 0 Å². The van der Waals surface area contributed by atoms with E-state index in [1.807, 2.05) is 13.8 Å². The molecule has 11 heteroatoms. The number of sulfonamides is 1. The van der Waals surface area contributed by atoms with E-state index in [1.54, 1.807) is 6.07 Å². The average molecular weight is 500 g/mol. The quantitative estimate of drug-likeness (QED) is 0.545. The molecule has 0 aliphatic carbocycles. The van der Waals surface area contributed by atoms with E-state index in [9.17, 15) is 31.2 Å². The average Bonchev–Trinajstić information content (AvgIpc) is 2.75. The Morgan fingerprint density at radius 1 is 0.971 bits per heavy atom. The predicted molar refractivity (Wildman–Crippen MR) is 123 cm³/mol. The van der Waals surface area contributed by atoms with E-state index in [-0.39, 0.29) is 23.7 Å². The van der Waals surface area contributed by atoms with Crippen molar-refractivity contribution in [1.82, 2.24) is 10.2 Å². The van der Waals surface area contributed by atoms with Crippen LogP contribution < -0.4 is 9.62 Å². The summed E-state index contributed by atoms with van der Waals surface area (Å²) in [4.78, 5) is 27.0. The van der Waals surface area contributed by atoms with Gasteiger partial charge >= 0.3 is 0 Å². The number of halogens is 3. The monoisotopic (exact) mass is 499 g/mol. The number of anilines is 1. The zero-order chi connectivity index (χ0) is 25.6. The summed E-state index contributed by atoms with van der Waals surface area (Å²) < 4.78 is 66.8. The Bertz CT molecular complexity index is 1140. The van der Waals surface area contributed by atoms with E-state index >= 15 is 0 Å². The summed E-state index contributed by atoms with van der Waals surface area (Å²) >= 11 is 0. The highest BCUT2D eigenvalue weighted by molar-refractivity contribution is 7.92. The highest BCUT2D eigenvalue weighted by Gasteiger charge is 2.30. The van der Waals surface area contributed by atoms with E-state index in [1.165, 1.54) is 25.1 Å². The van der Waals surface area contributed by atoms with E-state index in [2.05, 4.69) is 5.32 Å². The molecule has 2 amide bonds. The van der Waals surface area contributed by atoms with Crippen LogP contribution in [0.5, 0.6) is 0 Å². The number of amides is 2. The minimum Gasteiger partial charge on any atom is -0.354 e. The third kappa shape index (κ3) is 7.21. The Kier molecular flexibility index (Phi) is 9.08. The Labute approximate surface area is 197 Å². The van der Waals surface area contributed by atoms with Crippen molar-refractivity contribution in [2.75, 3.05) is 23.7 Å². The minimum absolute atomic E-state index is 0.123. The molecule has 0 aliphatic heterocycles. The van der Waals surface area contributed by atoms with Crippen LogP contribution in [0, 0.1) is 23.4 Å². The standard InChI is InChI=1S/C23H28F3N3O4S/c1-15(2)12-27-23(31)16(3)28(13-17-7-5-6-8-19(17)24)22(30)14-29(34(4,32)33)18-9-10-20(25)21(26)11-18/h5-11,15-16H,12-14H2,1-4H3,(H,27,31)/t16-/m1/s1. The second-order valence-corrected chi connectivity index (χ2v) is 10.2. The van der Waals surface area contributed by atoms with Crippen LogP contribution in [0.3, 0.4) is 0 Å². The second kappa shape index (κ2) is 11.4. The Hall–Kier alpha value is -3.08. The number of rotatable bonds is 10. The lowest BCUT2D eigenvalue weighted by Gasteiger charge is -2.31. The molecule has 0 aliphatic rings. The van der Waals surface area contributed by atoms with Gasteiger partial charge in [-0.2, -0.15) is 0 Å². The molecular weight excluding hydrogens is 471 g/mol. The van der Waals surface area contributed by atoms with E-state index in [0.717, 1.165) is 23.3 Å². The number of benzene rings is 2. The number of hydrogen-bond donors (Lipinski definition) is 1. The van der Waals surface area contributed by atoms with Crippen molar-refractivity contribution < 1.29 is 31.2 Å². The summed E-state index contributed by atoms with van der Waals surface area (Å²) in [6.45, 7) is 4.45. The molecule has 0 unspecified atom stereocenters. The summed E-state index contributed by atoms with van der Waals surface area (Å²) in [7, 11) is -4.10. The van der Waals surface area contributed by atoms with Gasteiger partial charge in [0, 0.05) is 24.7 Å². The molecule has 186 valence electrons. The number of carbonyl (C=O) groups is 2. The predicted octanol–water partition coefficient (Wildman–Crippen LogP) is 3.06. The first-order valence-electron chi connectivity index (χ1n) is 10.5. The Morgan fingerprint density at radius 2 is 1.62 bits per heavy atom. The second-order valence-electron chi connectivity index (χ2n) is 8.30. The molecule has 0 heterocycles. The van der Waals surface area contributed by atoms with Crippen molar-refractivity contribution in [2.24, 2.45) is 5.92 Å². The van der Waals surface area contributed by atoms with E-state index in [0.29, 0.717) is 16.9 Å². The first-order chi connectivity index (χ1) is 15.8. The number of nitrogens with zero attached hydrogens (tertiary/aromatic N) is 2. The van der Waals surface area contributed by atoms with Gasteiger partial charge in [0.05, 0.1) is 11.9 Å². The summed E-state index contributed by atoms with van der Waals surface area (Å²) in [6, 6.07) is 7.02. The largest absolute Gasteiger partial charge is 0.354 e. The molecule has 1 N–H and O–H groups in total. The van der Waals surface area contributed by atoms with Gasteiger partial charge in [-0.25, -0.2) is 21.6 Å². The van der Waals surface area contributed by atoms with Crippen LogP contribution in [0.2, 0.25) is 0 Å².